The highest BCUT2D eigenvalue weighted by molar-refractivity contribution is 5.77. The molecule has 1 amide bonds. The number of amides is 1. The molecule has 1 aliphatic heterocycles. The second-order valence-corrected chi connectivity index (χ2v) is 5.22. The van der Waals surface area contributed by atoms with E-state index in [0.29, 0.717) is 0 Å². The number of hydrogen-bond donors (Lipinski definition) is 2. The third-order valence-corrected chi connectivity index (χ3v) is 3.54. The van der Waals surface area contributed by atoms with Crippen LogP contribution >= 0.6 is 0 Å². The summed E-state index contributed by atoms with van der Waals surface area (Å²) in [6, 6.07) is 2.79. The average Bonchev–Trinajstić information content (AvgIpc) is 2.46. The Hall–Kier alpha value is -1.53. The first-order chi connectivity index (χ1) is 10.1. The van der Waals surface area contributed by atoms with Gasteiger partial charge in [-0.05, 0) is 38.9 Å². The fourth-order valence-corrected chi connectivity index (χ4v) is 2.37. The molecule has 2 rings (SSSR count). The third-order valence-electron chi connectivity index (χ3n) is 3.54. The quantitative estimate of drug-likeness (QED) is 0.873. The number of rotatable bonds is 5. The summed E-state index contributed by atoms with van der Waals surface area (Å²) >= 11 is 0. The lowest BCUT2D eigenvalue weighted by molar-refractivity contribution is -0.128. The third kappa shape index (κ3) is 4.75. The van der Waals surface area contributed by atoms with Crippen LogP contribution in [0.4, 0.5) is 8.78 Å². The second-order valence-electron chi connectivity index (χ2n) is 5.22. The van der Waals surface area contributed by atoms with Gasteiger partial charge in [-0.15, -0.1) is 0 Å². The van der Waals surface area contributed by atoms with Crippen LogP contribution in [0.1, 0.15) is 31.4 Å². The minimum atomic E-state index is -0.665. The first kappa shape index (κ1) is 15.9. The number of benzene rings is 1. The largest absolute Gasteiger partial charge is 0.368 e. The molecule has 0 aromatic heterocycles. The van der Waals surface area contributed by atoms with E-state index in [1.165, 1.54) is 12.1 Å². The van der Waals surface area contributed by atoms with Gasteiger partial charge in [-0.3, -0.25) is 4.79 Å². The van der Waals surface area contributed by atoms with Gasteiger partial charge in [0.2, 0.25) is 5.91 Å². The van der Waals surface area contributed by atoms with Crippen molar-refractivity contribution in [3.8, 4) is 0 Å². The zero-order chi connectivity index (χ0) is 15.2. The summed E-state index contributed by atoms with van der Waals surface area (Å²) in [6.07, 6.45) is 1.86. The van der Waals surface area contributed by atoms with Crippen molar-refractivity contribution in [2.45, 2.75) is 31.9 Å². The van der Waals surface area contributed by atoms with Gasteiger partial charge < -0.3 is 15.4 Å². The standard InChI is InChI=1S/C15H20F2N2O2/c1-10(13-3-2-11(16)8-14(13)17)19-15(20)9-21-12-4-6-18-7-5-12/h2-3,8,10,12,18H,4-7,9H2,1H3,(H,19,20). The molecule has 0 radical (unpaired) electrons. The van der Waals surface area contributed by atoms with Crippen molar-refractivity contribution in [1.82, 2.24) is 10.6 Å². The van der Waals surface area contributed by atoms with Crippen LogP contribution < -0.4 is 10.6 Å². The lowest BCUT2D eigenvalue weighted by Gasteiger charge is -2.23. The number of hydrogen-bond acceptors (Lipinski definition) is 3. The zero-order valence-corrected chi connectivity index (χ0v) is 12.0. The highest BCUT2D eigenvalue weighted by atomic mass is 19.1. The summed E-state index contributed by atoms with van der Waals surface area (Å²) < 4.78 is 32.0. The van der Waals surface area contributed by atoms with E-state index in [-0.39, 0.29) is 24.2 Å². The predicted molar refractivity (Wildman–Crippen MR) is 74.8 cm³/mol. The molecule has 0 spiro atoms. The second kappa shape index (κ2) is 7.47. The molecule has 1 atom stereocenters. The van der Waals surface area contributed by atoms with Crippen LogP contribution in [-0.2, 0) is 9.53 Å². The van der Waals surface area contributed by atoms with Crippen LogP contribution in [0.15, 0.2) is 18.2 Å². The molecule has 116 valence electrons. The van der Waals surface area contributed by atoms with Gasteiger partial charge in [-0.25, -0.2) is 8.78 Å². The fourth-order valence-electron chi connectivity index (χ4n) is 2.37. The van der Waals surface area contributed by atoms with E-state index < -0.39 is 17.7 Å². The predicted octanol–water partition coefficient (Wildman–Crippen LogP) is 1.91. The molecule has 1 fully saturated rings. The maximum Gasteiger partial charge on any atom is 0.246 e. The number of carbonyl (C=O) groups is 1. The maximum atomic E-state index is 13.6. The van der Waals surface area contributed by atoms with Gasteiger partial charge >= 0.3 is 0 Å². The van der Waals surface area contributed by atoms with Gasteiger partial charge in [0.15, 0.2) is 0 Å². The molecule has 1 aromatic rings. The molecule has 0 saturated carbocycles. The van der Waals surface area contributed by atoms with Crippen molar-refractivity contribution in [1.29, 1.82) is 0 Å². The summed E-state index contributed by atoms with van der Waals surface area (Å²) in [5.74, 6) is -1.60. The Morgan fingerprint density at radius 2 is 2.14 bits per heavy atom. The SMILES string of the molecule is CC(NC(=O)COC1CCNCC1)c1ccc(F)cc1F. The van der Waals surface area contributed by atoms with E-state index in [4.69, 9.17) is 4.74 Å². The molecule has 1 aromatic carbocycles. The molecule has 1 saturated heterocycles. The molecule has 0 aliphatic carbocycles. The summed E-state index contributed by atoms with van der Waals surface area (Å²) in [5.41, 5.74) is 0.256. The maximum absolute atomic E-state index is 13.6. The van der Waals surface area contributed by atoms with Crippen molar-refractivity contribution in [2.24, 2.45) is 0 Å². The van der Waals surface area contributed by atoms with Crippen molar-refractivity contribution >= 4 is 5.91 Å². The van der Waals surface area contributed by atoms with Crippen molar-refractivity contribution < 1.29 is 18.3 Å². The van der Waals surface area contributed by atoms with Crippen LogP contribution in [0.25, 0.3) is 0 Å². The Morgan fingerprint density at radius 3 is 2.81 bits per heavy atom. The Labute approximate surface area is 122 Å². The Kier molecular flexibility index (Phi) is 5.64. The van der Waals surface area contributed by atoms with E-state index in [9.17, 15) is 13.6 Å². The van der Waals surface area contributed by atoms with Crippen molar-refractivity contribution in [3.05, 3.63) is 35.4 Å². The monoisotopic (exact) mass is 298 g/mol. The van der Waals surface area contributed by atoms with E-state index in [0.717, 1.165) is 32.0 Å². The molecule has 4 nitrogen and oxygen atoms in total. The molecule has 0 bridgehead atoms. The van der Waals surface area contributed by atoms with E-state index in [2.05, 4.69) is 10.6 Å². The lowest BCUT2D eigenvalue weighted by Crippen LogP contribution is -2.36. The van der Waals surface area contributed by atoms with Gasteiger partial charge in [-0.1, -0.05) is 6.07 Å². The number of nitrogens with one attached hydrogen (secondary N) is 2. The minimum Gasteiger partial charge on any atom is -0.368 e. The van der Waals surface area contributed by atoms with Crippen LogP contribution in [0, 0.1) is 11.6 Å². The van der Waals surface area contributed by atoms with E-state index >= 15 is 0 Å². The van der Waals surface area contributed by atoms with Crippen LogP contribution in [0.5, 0.6) is 0 Å². The van der Waals surface area contributed by atoms with E-state index in [1.807, 2.05) is 0 Å². The smallest absolute Gasteiger partial charge is 0.246 e. The number of piperidine rings is 1. The molecule has 6 heteroatoms. The van der Waals surface area contributed by atoms with Crippen molar-refractivity contribution in [3.63, 3.8) is 0 Å². The Balaban J connectivity index is 1.81. The molecule has 1 heterocycles. The number of ether oxygens (including phenoxy) is 1. The van der Waals surface area contributed by atoms with Gasteiger partial charge in [0.05, 0.1) is 12.1 Å². The van der Waals surface area contributed by atoms with Gasteiger partial charge in [0, 0.05) is 11.6 Å². The minimum absolute atomic E-state index is 0.0438. The van der Waals surface area contributed by atoms with Gasteiger partial charge in [0.25, 0.3) is 0 Å². The topological polar surface area (TPSA) is 50.4 Å². The first-order valence-corrected chi connectivity index (χ1v) is 7.13. The summed E-state index contributed by atoms with van der Waals surface area (Å²) in [5, 5.41) is 5.87. The molecule has 1 unspecified atom stereocenters. The normalized spacial score (nSPS) is 17.5. The highest BCUT2D eigenvalue weighted by Gasteiger charge is 2.17. The molecule has 21 heavy (non-hydrogen) atoms. The average molecular weight is 298 g/mol. The lowest BCUT2D eigenvalue weighted by atomic mass is 10.1. The molecular formula is C15H20F2N2O2. The Morgan fingerprint density at radius 1 is 1.43 bits per heavy atom. The highest BCUT2D eigenvalue weighted by Crippen LogP contribution is 2.17. The zero-order valence-electron chi connectivity index (χ0n) is 12.0. The fraction of sp³-hybridized carbons (Fsp3) is 0.533. The van der Waals surface area contributed by atoms with Crippen molar-refractivity contribution in [2.75, 3.05) is 19.7 Å². The van der Waals surface area contributed by atoms with Crippen LogP contribution in [0.2, 0.25) is 0 Å². The molecular weight excluding hydrogens is 278 g/mol. The molecule has 1 aliphatic rings. The first-order valence-electron chi connectivity index (χ1n) is 7.13. The van der Waals surface area contributed by atoms with Crippen LogP contribution in [-0.4, -0.2) is 31.7 Å². The molecule has 2 N–H and O–H groups in total. The van der Waals surface area contributed by atoms with Gasteiger partial charge in [0.1, 0.15) is 18.2 Å². The van der Waals surface area contributed by atoms with Gasteiger partial charge in [-0.2, -0.15) is 0 Å². The Bertz CT molecular complexity index is 491. The number of carbonyl (C=O) groups excluding carboxylic acids is 1. The summed E-state index contributed by atoms with van der Waals surface area (Å²) in [4.78, 5) is 11.8. The number of halogens is 2. The summed E-state index contributed by atoms with van der Waals surface area (Å²) in [7, 11) is 0. The van der Waals surface area contributed by atoms with Crippen LogP contribution in [0.3, 0.4) is 0 Å². The van der Waals surface area contributed by atoms with E-state index in [1.54, 1.807) is 6.92 Å². The summed E-state index contributed by atoms with van der Waals surface area (Å²) in [6.45, 7) is 3.39.